The highest BCUT2D eigenvalue weighted by Crippen LogP contribution is 2.26. The number of aromatic nitrogens is 2. The Labute approximate surface area is 87.1 Å². The second-order valence-corrected chi connectivity index (χ2v) is 4.69. The van der Waals surface area contributed by atoms with Gasteiger partial charge in [0.15, 0.2) is 0 Å². The summed E-state index contributed by atoms with van der Waals surface area (Å²) >= 11 is 0. The lowest BCUT2D eigenvalue weighted by molar-refractivity contribution is -0.143. The van der Waals surface area contributed by atoms with Crippen LogP contribution in [0.4, 0.5) is 13.2 Å². The summed E-state index contributed by atoms with van der Waals surface area (Å²) in [5, 5.41) is 3.86. The van der Waals surface area contributed by atoms with Gasteiger partial charge in [-0.1, -0.05) is 20.8 Å². The summed E-state index contributed by atoms with van der Waals surface area (Å²) in [4.78, 5) is 0. The van der Waals surface area contributed by atoms with E-state index in [1.807, 2.05) is 20.8 Å². The fourth-order valence-corrected chi connectivity index (χ4v) is 1.44. The topological polar surface area (TPSA) is 17.8 Å². The van der Waals surface area contributed by atoms with E-state index < -0.39 is 12.7 Å². The first-order valence-electron chi connectivity index (χ1n) is 4.71. The molecule has 0 saturated carbocycles. The molecule has 0 saturated heterocycles. The van der Waals surface area contributed by atoms with E-state index in [4.69, 9.17) is 0 Å². The fraction of sp³-hybridized carbons (Fsp3) is 0.700. The van der Waals surface area contributed by atoms with E-state index in [1.54, 1.807) is 13.0 Å². The number of alkyl halides is 3. The molecule has 0 N–H and O–H groups in total. The minimum Gasteiger partial charge on any atom is -0.260 e. The average Bonchev–Trinajstić information content (AvgIpc) is 2.25. The van der Waals surface area contributed by atoms with Crippen molar-refractivity contribution in [1.29, 1.82) is 0 Å². The smallest absolute Gasteiger partial charge is 0.260 e. The second-order valence-electron chi connectivity index (χ2n) is 4.69. The number of hydrogen-bond donors (Lipinski definition) is 0. The minimum atomic E-state index is -4.22. The molecule has 2 nitrogen and oxygen atoms in total. The maximum Gasteiger partial charge on any atom is 0.408 e. The molecule has 1 heterocycles. The standard InChI is InChI=1S/C10H15F3N2/c1-7-5-8(9(2,3)4)15(14-7)6-10(11,12)13/h5H,6H2,1-4H3. The van der Waals surface area contributed by atoms with Crippen molar-refractivity contribution >= 4 is 0 Å². The third-order valence-corrected chi connectivity index (χ3v) is 2.00. The first kappa shape index (κ1) is 12.1. The Kier molecular flexibility index (Phi) is 2.85. The molecule has 1 aromatic rings. The Morgan fingerprint density at radius 2 is 1.80 bits per heavy atom. The molecule has 0 aliphatic rings. The predicted octanol–water partition coefficient (Wildman–Crippen LogP) is 3.05. The van der Waals surface area contributed by atoms with E-state index in [9.17, 15) is 13.2 Å². The summed E-state index contributed by atoms with van der Waals surface area (Å²) < 4.78 is 37.8. The van der Waals surface area contributed by atoms with Crippen molar-refractivity contribution in [2.24, 2.45) is 0 Å². The highest BCUT2D eigenvalue weighted by Gasteiger charge is 2.31. The lowest BCUT2D eigenvalue weighted by Gasteiger charge is -2.20. The van der Waals surface area contributed by atoms with Crippen LogP contribution in [0.25, 0.3) is 0 Å². The Hall–Kier alpha value is -1.00. The SMILES string of the molecule is Cc1cc(C(C)(C)C)n(CC(F)(F)F)n1. The maximum atomic E-state index is 12.3. The van der Waals surface area contributed by atoms with E-state index in [0.717, 1.165) is 4.68 Å². The van der Waals surface area contributed by atoms with Crippen LogP contribution in [0.15, 0.2) is 6.07 Å². The fourth-order valence-electron chi connectivity index (χ4n) is 1.44. The van der Waals surface area contributed by atoms with Crippen LogP contribution in [0.5, 0.6) is 0 Å². The summed E-state index contributed by atoms with van der Waals surface area (Å²) in [5.41, 5.74) is 0.897. The van der Waals surface area contributed by atoms with Crippen molar-refractivity contribution in [3.8, 4) is 0 Å². The van der Waals surface area contributed by atoms with Crippen LogP contribution in [-0.4, -0.2) is 16.0 Å². The normalized spacial score (nSPS) is 13.3. The van der Waals surface area contributed by atoms with E-state index in [-0.39, 0.29) is 5.41 Å². The third kappa shape index (κ3) is 3.25. The van der Waals surface area contributed by atoms with Gasteiger partial charge in [-0.2, -0.15) is 18.3 Å². The lowest BCUT2D eigenvalue weighted by Crippen LogP contribution is -2.25. The first-order valence-corrected chi connectivity index (χ1v) is 4.71. The zero-order valence-electron chi connectivity index (χ0n) is 9.31. The van der Waals surface area contributed by atoms with Gasteiger partial charge in [-0.25, -0.2) is 0 Å². The molecule has 0 amide bonds. The minimum absolute atomic E-state index is 0.327. The highest BCUT2D eigenvalue weighted by atomic mass is 19.4. The molecule has 0 bridgehead atoms. The van der Waals surface area contributed by atoms with Crippen molar-refractivity contribution < 1.29 is 13.2 Å². The van der Waals surface area contributed by atoms with E-state index in [0.29, 0.717) is 11.4 Å². The van der Waals surface area contributed by atoms with Gasteiger partial charge in [-0.3, -0.25) is 4.68 Å². The molecule has 1 rings (SSSR count). The van der Waals surface area contributed by atoms with E-state index in [1.165, 1.54) is 0 Å². The summed E-state index contributed by atoms with van der Waals surface area (Å²) in [7, 11) is 0. The molecule has 15 heavy (non-hydrogen) atoms. The Bertz CT molecular complexity index is 345. The maximum absolute atomic E-state index is 12.3. The largest absolute Gasteiger partial charge is 0.408 e. The zero-order valence-corrected chi connectivity index (χ0v) is 9.31. The van der Waals surface area contributed by atoms with Crippen molar-refractivity contribution in [2.75, 3.05) is 0 Å². The van der Waals surface area contributed by atoms with Crippen LogP contribution < -0.4 is 0 Å². The summed E-state index contributed by atoms with van der Waals surface area (Å²) in [6, 6.07) is 1.70. The molecule has 0 radical (unpaired) electrons. The van der Waals surface area contributed by atoms with Crippen LogP contribution in [0, 0.1) is 6.92 Å². The average molecular weight is 220 g/mol. The zero-order chi connectivity index (χ0) is 11.9. The molecule has 0 spiro atoms. The van der Waals surface area contributed by atoms with Crippen molar-refractivity contribution in [1.82, 2.24) is 9.78 Å². The van der Waals surface area contributed by atoms with Crippen LogP contribution in [0.1, 0.15) is 32.2 Å². The first-order chi connectivity index (χ1) is 6.59. The molecule has 0 unspecified atom stereocenters. The number of rotatable bonds is 1. The van der Waals surface area contributed by atoms with Gasteiger partial charge in [0.05, 0.1) is 5.69 Å². The Morgan fingerprint density at radius 3 is 2.20 bits per heavy atom. The molecule has 0 atom stereocenters. The highest BCUT2D eigenvalue weighted by molar-refractivity contribution is 5.17. The van der Waals surface area contributed by atoms with Crippen molar-refractivity contribution in [3.63, 3.8) is 0 Å². The van der Waals surface area contributed by atoms with Crippen molar-refractivity contribution in [2.45, 2.75) is 45.8 Å². The van der Waals surface area contributed by atoms with Gasteiger partial charge in [0.2, 0.25) is 0 Å². The van der Waals surface area contributed by atoms with Crippen molar-refractivity contribution in [3.05, 3.63) is 17.5 Å². The monoisotopic (exact) mass is 220 g/mol. The predicted molar refractivity (Wildman–Crippen MR) is 51.7 cm³/mol. The van der Waals surface area contributed by atoms with Crippen LogP contribution >= 0.6 is 0 Å². The lowest BCUT2D eigenvalue weighted by atomic mass is 9.92. The van der Waals surface area contributed by atoms with Crippen LogP contribution in [0.3, 0.4) is 0 Å². The molecule has 0 aliphatic heterocycles. The Balaban J connectivity index is 3.08. The number of halogens is 3. The molecule has 5 heteroatoms. The van der Waals surface area contributed by atoms with Gasteiger partial charge in [0.25, 0.3) is 0 Å². The van der Waals surface area contributed by atoms with Crippen LogP contribution in [0.2, 0.25) is 0 Å². The summed E-state index contributed by atoms with van der Waals surface area (Å²) in [5.74, 6) is 0. The number of nitrogens with zero attached hydrogens (tertiary/aromatic N) is 2. The van der Waals surface area contributed by atoms with Gasteiger partial charge in [-0.15, -0.1) is 0 Å². The van der Waals surface area contributed by atoms with Gasteiger partial charge in [0, 0.05) is 11.1 Å². The van der Waals surface area contributed by atoms with Gasteiger partial charge in [0.1, 0.15) is 6.54 Å². The third-order valence-electron chi connectivity index (χ3n) is 2.00. The number of hydrogen-bond acceptors (Lipinski definition) is 1. The molecule has 0 fully saturated rings. The quantitative estimate of drug-likeness (QED) is 0.711. The summed E-state index contributed by atoms with van der Waals surface area (Å²) in [6.45, 7) is 6.29. The Morgan fingerprint density at radius 1 is 1.27 bits per heavy atom. The van der Waals surface area contributed by atoms with E-state index >= 15 is 0 Å². The van der Waals surface area contributed by atoms with Crippen LogP contribution in [-0.2, 0) is 12.0 Å². The molecule has 86 valence electrons. The molecule has 0 aromatic carbocycles. The molecular formula is C10H15F3N2. The van der Waals surface area contributed by atoms with Gasteiger partial charge < -0.3 is 0 Å². The molecular weight excluding hydrogens is 205 g/mol. The van der Waals surface area contributed by atoms with Gasteiger partial charge in [-0.05, 0) is 13.0 Å². The van der Waals surface area contributed by atoms with E-state index in [2.05, 4.69) is 5.10 Å². The second kappa shape index (κ2) is 3.54. The summed E-state index contributed by atoms with van der Waals surface area (Å²) in [6.07, 6.45) is -4.22. The van der Waals surface area contributed by atoms with Gasteiger partial charge >= 0.3 is 6.18 Å². The number of aryl methyl sites for hydroxylation is 1. The molecule has 1 aromatic heterocycles. The molecule has 0 aliphatic carbocycles.